The maximum atomic E-state index is 12.2. The molecule has 1 heterocycles. The number of hydrogen-bond donors (Lipinski definition) is 4. The first kappa shape index (κ1) is 16.0. The van der Waals surface area contributed by atoms with E-state index in [4.69, 9.17) is 4.42 Å². The summed E-state index contributed by atoms with van der Waals surface area (Å²) in [5.41, 5.74) is 1.51. The van der Waals surface area contributed by atoms with Crippen molar-refractivity contribution in [1.82, 2.24) is 5.32 Å². The summed E-state index contributed by atoms with van der Waals surface area (Å²) >= 11 is 0. The number of furan rings is 1. The minimum absolute atomic E-state index is 0.239. The van der Waals surface area contributed by atoms with Gasteiger partial charge < -0.3 is 24.9 Å². The third kappa shape index (κ3) is 3.42. The van der Waals surface area contributed by atoms with Gasteiger partial charge in [0.05, 0.1) is 24.2 Å². The summed E-state index contributed by atoms with van der Waals surface area (Å²) in [7, 11) is -1.69. The van der Waals surface area contributed by atoms with E-state index in [1.54, 1.807) is 6.26 Å². The average molecular weight is 317 g/mol. The second-order valence-electron chi connectivity index (χ2n) is 6.09. The first-order valence-electron chi connectivity index (χ1n) is 7.86. The van der Waals surface area contributed by atoms with Crippen LogP contribution >= 0.6 is 0 Å². The molecule has 1 aromatic carbocycles. The summed E-state index contributed by atoms with van der Waals surface area (Å²) < 4.78 is 5.44. The van der Waals surface area contributed by atoms with Crippen molar-refractivity contribution >= 4 is 24.0 Å². The Morgan fingerprint density at radius 2 is 2.13 bits per heavy atom. The molecule has 0 radical (unpaired) electrons. The first-order valence-corrected chi connectivity index (χ1v) is 7.86. The van der Waals surface area contributed by atoms with Crippen LogP contribution in [0.4, 0.5) is 0 Å². The van der Waals surface area contributed by atoms with Crippen molar-refractivity contribution in [2.24, 2.45) is 5.92 Å². The van der Waals surface area contributed by atoms with E-state index in [9.17, 15) is 19.9 Å². The van der Waals surface area contributed by atoms with Crippen LogP contribution in [-0.4, -0.2) is 40.2 Å². The molecule has 1 saturated carbocycles. The van der Waals surface area contributed by atoms with E-state index in [2.05, 4.69) is 5.32 Å². The molecule has 2 aromatic rings. The average Bonchev–Trinajstić information content (AvgIpc) is 3.13. The lowest BCUT2D eigenvalue weighted by Gasteiger charge is -2.21. The third-order valence-corrected chi connectivity index (χ3v) is 4.50. The molecule has 3 rings (SSSR count). The summed E-state index contributed by atoms with van der Waals surface area (Å²) in [5, 5.41) is 32.5. The molecule has 0 unspecified atom stereocenters. The SMILES string of the molecule is O=C(N[C@@H](Cc1coc2ccccc12)B(O)O)[C@@H]1CCC[C@@H]1O. The van der Waals surface area contributed by atoms with Crippen molar-refractivity contribution in [3.8, 4) is 0 Å². The molecule has 3 atom stereocenters. The molecular formula is C16H20BNO5. The number of amides is 1. The highest BCUT2D eigenvalue weighted by molar-refractivity contribution is 6.43. The number of aliphatic hydroxyl groups is 1. The molecule has 1 aliphatic carbocycles. The lowest BCUT2D eigenvalue weighted by atomic mass is 9.75. The van der Waals surface area contributed by atoms with Gasteiger partial charge in [-0.05, 0) is 37.3 Å². The number of para-hydroxylation sites is 1. The Morgan fingerprint density at radius 3 is 2.83 bits per heavy atom. The number of carbonyl (C=O) groups is 1. The Labute approximate surface area is 134 Å². The maximum absolute atomic E-state index is 12.2. The molecule has 4 N–H and O–H groups in total. The summed E-state index contributed by atoms with van der Waals surface area (Å²) in [6.45, 7) is 0. The van der Waals surface area contributed by atoms with Gasteiger partial charge in [0, 0.05) is 5.39 Å². The molecule has 0 bridgehead atoms. The standard InChI is InChI=1S/C16H20BNO5/c19-13-6-3-5-12(13)16(20)18-15(17(21)22)8-10-9-23-14-7-2-1-4-11(10)14/h1-2,4,7,9,12-13,15,19,21-22H,3,5-6,8H2,(H,18,20)/t12-,13+,15+/m1/s1. The van der Waals surface area contributed by atoms with Crippen molar-refractivity contribution in [2.75, 3.05) is 0 Å². The summed E-state index contributed by atoms with van der Waals surface area (Å²) in [6.07, 6.45) is 3.19. The van der Waals surface area contributed by atoms with Crippen LogP contribution in [0.15, 0.2) is 34.9 Å². The van der Waals surface area contributed by atoms with Crippen LogP contribution < -0.4 is 5.32 Å². The van der Waals surface area contributed by atoms with Crippen LogP contribution in [0.25, 0.3) is 11.0 Å². The largest absolute Gasteiger partial charge is 0.475 e. The fourth-order valence-corrected chi connectivity index (χ4v) is 3.19. The first-order chi connectivity index (χ1) is 11.1. The van der Waals surface area contributed by atoms with Gasteiger partial charge in [0.25, 0.3) is 0 Å². The van der Waals surface area contributed by atoms with Gasteiger partial charge >= 0.3 is 7.12 Å². The Balaban J connectivity index is 1.73. The number of rotatable bonds is 5. The summed E-state index contributed by atoms with van der Waals surface area (Å²) in [6, 6.07) is 7.45. The number of hydrogen-bond acceptors (Lipinski definition) is 5. The molecular weight excluding hydrogens is 297 g/mol. The van der Waals surface area contributed by atoms with Gasteiger partial charge in [-0.3, -0.25) is 4.79 Å². The van der Waals surface area contributed by atoms with Crippen LogP contribution in [0.1, 0.15) is 24.8 Å². The number of benzene rings is 1. The van der Waals surface area contributed by atoms with E-state index in [0.29, 0.717) is 18.4 Å². The number of carbonyl (C=O) groups excluding carboxylic acids is 1. The molecule has 23 heavy (non-hydrogen) atoms. The number of nitrogens with one attached hydrogen (secondary N) is 1. The molecule has 0 spiro atoms. The highest BCUT2D eigenvalue weighted by Gasteiger charge is 2.35. The predicted molar refractivity (Wildman–Crippen MR) is 85.4 cm³/mol. The van der Waals surface area contributed by atoms with E-state index in [1.165, 1.54) is 0 Å². The van der Waals surface area contributed by atoms with Crippen molar-refractivity contribution in [3.05, 3.63) is 36.1 Å². The Morgan fingerprint density at radius 1 is 1.35 bits per heavy atom. The number of fused-ring (bicyclic) bond motifs is 1. The van der Waals surface area contributed by atoms with Crippen molar-refractivity contribution in [3.63, 3.8) is 0 Å². The maximum Gasteiger partial charge on any atom is 0.475 e. The lowest BCUT2D eigenvalue weighted by molar-refractivity contribution is -0.127. The number of aliphatic hydroxyl groups excluding tert-OH is 1. The smallest absolute Gasteiger partial charge is 0.464 e. The normalized spacial score (nSPS) is 22.2. The van der Waals surface area contributed by atoms with Gasteiger partial charge in [0.1, 0.15) is 5.58 Å². The van der Waals surface area contributed by atoms with Gasteiger partial charge in [-0.1, -0.05) is 18.2 Å². The highest BCUT2D eigenvalue weighted by atomic mass is 16.4. The zero-order chi connectivity index (χ0) is 16.4. The van der Waals surface area contributed by atoms with E-state index in [-0.39, 0.29) is 12.3 Å². The Hall–Kier alpha value is -1.83. The van der Waals surface area contributed by atoms with E-state index >= 15 is 0 Å². The van der Waals surface area contributed by atoms with E-state index < -0.39 is 25.1 Å². The summed E-state index contributed by atoms with van der Waals surface area (Å²) in [5.74, 6) is -1.66. The summed E-state index contributed by atoms with van der Waals surface area (Å²) in [4.78, 5) is 12.2. The topological polar surface area (TPSA) is 103 Å². The molecule has 0 saturated heterocycles. The van der Waals surface area contributed by atoms with Gasteiger partial charge in [-0.2, -0.15) is 0 Å². The van der Waals surface area contributed by atoms with Crippen LogP contribution in [0.5, 0.6) is 0 Å². The van der Waals surface area contributed by atoms with Crippen molar-refractivity contribution < 1.29 is 24.4 Å². The molecule has 6 nitrogen and oxygen atoms in total. The van der Waals surface area contributed by atoms with Crippen LogP contribution in [0.2, 0.25) is 0 Å². The van der Waals surface area contributed by atoms with Crippen molar-refractivity contribution in [1.29, 1.82) is 0 Å². The Bertz CT molecular complexity index is 686. The molecule has 0 aliphatic heterocycles. The van der Waals surface area contributed by atoms with Crippen LogP contribution in [-0.2, 0) is 11.2 Å². The molecule has 7 heteroatoms. The molecule has 1 amide bonds. The molecule has 1 fully saturated rings. The Kier molecular flexibility index (Phi) is 4.70. The highest BCUT2D eigenvalue weighted by Crippen LogP contribution is 2.26. The predicted octanol–water partition coefficient (Wildman–Crippen LogP) is 0.633. The molecule has 1 aliphatic rings. The second kappa shape index (κ2) is 6.74. The third-order valence-electron chi connectivity index (χ3n) is 4.50. The van der Waals surface area contributed by atoms with Gasteiger partial charge in [-0.25, -0.2) is 0 Å². The van der Waals surface area contributed by atoms with E-state index in [1.807, 2.05) is 24.3 Å². The fraction of sp³-hybridized carbons (Fsp3) is 0.438. The lowest BCUT2D eigenvalue weighted by Crippen LogP contribution is -2.50. The molecule has 122 valence electrons. The minimum atomic E-state index is -1.69. The van der Waals surface area contributed by atoms with Crippen molar-refractivity contribution in [2.45, 2.75) is 37.7 Å². The zero-order valence-electron chi connectivity index (χ0n) is 12.7. The van der Waals surface area contributed by atoms with Gasteiger partial charge in [0.2, 0.25) is 5.91 Å². The van der Waals surface area contributed by atoms with Gasteiger partial charge in [0.15, 0.2) is 0 Å². The van der Waals surface area contributed by atoms with Crippen LogP contribution in [0, 0.1) is 5.92 Å². The zero-order valence-corrected chi connectivity index (χ0v) is 12.7. The second-order valence-corrected chi connectivity index (χ2v) is 6.09. The monoisotopic (exact) mass is 317 g/mol. The fourth-order valence-electron chi connectivity index (χ4n) is 3.19. The molecule has 1 aromatic heterocycles. The van der Waals surface area contributed by atoms with E-state index in [0.717, 1.165) is 17.4 Å². The van der Waals surface area contributed by atoms with Crippen LogP contribution in [0.3, 0.4) is 0 Å². The quantitative estimate of drug-likeness (QED) is 0.606. The van der Waals surface area contributed by atoms with Gasteiger partial charge in [-0.15, -0.1) is 0 Å². The minimum Gasteiger partial charge on any atom is -0.464 e.